The fourth-order valence-electron chi connectivity index (χ4n) is 0.763. The third kappa shape index (κ3) is 2.75. The molecule has 1 aromatic heterocycles. The molecule has 0 aliphatic heterocycles. The minimum atomic E-state index is 0.844. The SMILES string of the molecule is CNCCc1cc(Br)c(Cl)s1. The van der Waals surface area contributed by atoms with Gasteiger partial charge in [-0.25, -0.2) is 0 Å². The Morgan fingerprint density at radius 2 is 2.45 bits per heavy atom. The van der Waals surface area contributed by atoms with Crippen molar-refractivity contribution in [2.45, 2.75) is 6.42 Å². The quantitative estimate of drug-likeness (QED) is 0.875. The van der Waals surface area contributed by atoms with E-state index in [1.165, 1.54) is 4.88 Å². The standard InChI is InChI=1S/C7H9BrClNS/c1-10-3-2-5-4-6(8)7(9)11-5/h4,10H,2-3H2,1H3. The van der Waals surface area contributed by atoms with Gasteiger partial charge in [-0.3, -0.25) is 0 Å². The second-order valence-corrected chi connectivity index (χ2v) is 4.78. The smallest absolute Gasteiger partial charge is 0.107 e. The van der Waals surface area contributed by atoms with E-state index in [4.69, 9.17) is 11.6 Å². The normalized spacial score (nSPS) is 10.5. The number of nitrogens with one attached hydrogen (secondary N) is 1. The zero-order valence-electron chi connectivity index (χ0n) is 6.16. The summed E-state index contributed by atoms with van der Waals surface area (Å²) in [7, 11) is 1.95. The largest absolute Gasteiger partial charge is 0.319 e. The van der Waals surface area contributed by atoms with Gasteiger partial charge >= 0.3 is 0 Å². The number of likely N-dealkylation sites (N-methyl/N-ethyl adjacent to an activating group) is 1. The maximum absolute atomic E-state index is 5.86. The van der Waals surface area contributed by atoms with E-state index < -0.39 is 0 Å². The summed E-state index contributed by atoms with van der Waals surface area (Å²) in [4.78, 5) is 1.32. The number of halogens is 2. The van der Waals surface area contributed by atoms with Gasteiger partial charge in [-0.2, -0.15) is 0 Å². The van der Waals surface area contributed by atoms with Gasteiger partial charge in [0.2, 0.25) is 0 Å². The summed E-state index contributed by atoms with van der Waals surface area (Å²) in [6.45, 7) is 1.00. The Morgan fingerprint density at radius 3 is 2.91 bits per heavy atom. The van der Waals surface area contributed by atoms with E-state index >= 15 is 0 Å². The molecule has 1 nitrogen and oxygen atoms in total. The van der Waals surface area contributed by atoms with Crippen LogP contribution in [-0.2, 0) is 6.42 Å². The lowest BCUT2D eigenvalue weighted by Gasteiger charge is -1.93. The molecule has 1 rings (SSSR count). The number of hydrogen-bond donors (Lipinski definition) is 1. The van der Waals surface area contributed by atoms with Crippen LogP contribution in [0.3, 0.4) is 0 Å². The average molecular weight is 255 g/mol. The van der Waals surface area contributed by atoms with E-state index in [-0.39, 0.29) is 0 Å². The number of thiophene rings is 1. The Hall–Kier alpha value is 0.430. The van der Waals surface area contributed by atoms with Gasteiger partial charge in [-0.1, -0.05) is 11.6 Å². The molecule has 0 saturated heterocycles. The monoisotopic (exact) mass is 253 g/mol. The maximum Gasteiger partial charge on any atom is 0.107 e. The molecular formula is C7H9BrClNS. The van der Waals surface area contributed by atoms with Crippen LogP contribution < -0.4 is 5.32 Å². The molecule has 0 aromatic carbocycles. The average Bonchev–Trinajstić information content (AvgIpc) is 2.28. The van der Waals surface area contributed by atoms with E-state index in [1.54, 1.807) is 11.3 Å². The van der Waals surface area contributed by atoms with Crippen molar-refractivity contribution in [3.63, 3.8) is 0 Å². The highest BCUT2D eigenvalue weighted by molar-refractivity contribution is 9.10. The molecule has 0 amide bonds. The van der Waals surface area contributed by atoms with Crippen molar-refractivity contribution in [2.24, 2.45) is 0 Å². The lowest BCUT2D eigenvalue weighted by molar-refractivity contribution is 0.799. The van der Waals surface area contributed by atoms with Gasteiger partial charge in [0.05, 0.1) is 0 Å². The Morgan fingerprint density at radius 1 is 1.73 bits per heavy atom. The van der Waals surface area contributed by atoms with Crippen LogP contribution in [0, 0.1) is 0 Å². The Kier molecular flexibility index (Phi) is 3.85. The van der Waals surface area contributed by atoms with E-state index in [9.17, 15) is 0 Å². The first-order valence-electron chi connectivity index (χ1n) is 3.32. The molecule has 4 heteroatoms. The Bertz CT molecular complexity index is 217. The second-order valence-electron chi connectivity index (χ2n) is 2.19. The van der Waals surface area contributed by atoms with Crippen LogP contribution >= 0.6 is 38.9 Å². The highest BCUT2D eigenvalue weighted by Gasteiger charge is 2.02. The first-order chi connectivity index (χ1) is 5.24. The predicted octanol–water partition coefficient (Wildman–Crippen LogP) is 2.93. The minimum Gasteiger partial charge on any atom is -0.319 e. The molecule has 1 N–H and O–H groups in total. The van der Waals surface area contributed by atoms with Crippen molar-refractivity contribution < 1.29 is 0 Å². The van der Waals surface area contributed by atoms with Gasteiger partial charge in [0.15, 0.2) is 0 Å². The zero-order chi connectivity index (χ0) is 8.27. The van der Waals surface area contributed by atoms with Gasteiger partial charge in [-0.15, -0.1) is 11.3 Å². The molecular weight excluding hydrogens is 246 g/mol. The maximum atomic E-state index is 5.86. The molecule has 0 atom stereocenters. The molecule has 62 valence electrons. The number of hydrogen-bond acceptors (Lipinski definition) is 2. The van der Waals surface area contributed by atoms with E-state index in [1.807, 2.05) is 7.05 Å². The molecule has 0 bridgehead atoms. The molecule has 0 spiro atoms. The molecule has 1 aromatic rings. The fourth-order valence-corrected chi connectivity index (χ4v) is 2.55. The summed E-state index contributed by atoms with van der Waals surface area (Å²) in [5.74, 6) is 0. The van der Waals surface area contributed by atoms with Crippen LogP contribution in [-0.4, -0.2) is 13.6 Å². The summed E-state index contributed by atoms with van der Waals surface area (Å²) in [6, 6.07) is 2.07. The van der Waals surface area contributed by atoms with Crippen LogP contribution in [0.2, 0.25) is 4.34 Å². The highest BCUT2D eigenvalue weighted by Crippen LogP contribution is 2.31. The van der Waals surface area contributed by atoms with Crippen molar-refractivity contribution in [3.8, 4) is 0 Å². The molecule has 0 radical (unpaired) electrons. The van der Waals surface area contributed by atoms with Gasteiger partial charge in [-0.05, 0) is 42.0 Å². The third-order valence-corrected chi connectivity index (χ3v) is 3.85. The minimum absolute atomic E-state index is 0.844. The molecule has 1 heterocycles. The number of rotatable bonds is 3. The predicted molar refractivity (Wildman–Crippen MR) is 54.7 cm³/mol. The molecule has 0 fully saturated rings. The van der Waals surface area contributed by atoms with Crippen LogP contribution in [0.5, 0.6) is 0 Å². The summed E-state index contributed by atoms with van der Waals surface area (Å²) >= 11 is 10.9. The van der Waals surface area contributed by atoms with Crippen molar-refractivity contribution in [1.82, 2.24) is 5.32 Å². The fraction of sp³-hybridized carbons (Fsp3) is 0.429. The third-order valence-electron chi connectivity index (χ3n) is 1.32. The zero-order valence-corrected chi connectivity index (χ0v) is 9.31. The molecule has 0 aliphatic rings. The van der Waals surface area contributed by atoms with Gasteiger partial charge < -0.3 is 5.32 Å². The van der Waals surface area contributed by atoms with E-state index in [2.05, 4.69) is 27.3 Å². The highest BCUT2D eigenvalue weighted by atomic mass is 79.9. The molecule has 0 aliphatic carbocycles. The van der Waals surface area contributed by atoms with Crippen LogP contribution in [0.4, 0.5) is 0 Å². The topological polar surface area (TPSA) is 12.0 Å². The molecule has 11 heavy (non-hydrogen) atoms. The first-order valence-corrected chi connectivity index (χ1v) is 5.31. The molecule has 0 saturated carbocycles. The van der Waals surface area contributed by atoms with Gasteiger partial charge in [0.25, 0.3) is 0 Å². The Labute approximate surface area is 83.9 Å². The lowest BCUT2D eigenvalue weighted by atomic mass is 10.3. The lowest BCUT2D eigenvalue weighted by Crippen LogP contribution is -2.09. The summed E-state index contributed by atoms with van der Waals surface area (Å²) in [6.07, 6.45) is 1.05. The van der Waals surface area contributed by atoms with Gasteiger partial charge in [0.1, 0.15) is 4.34 Å². The van der Waals surface area contributed by atoms with Crippen molar-refractivity contribution in [1.29, 1.82) is 0 Å². The van der Waals surface area contributed by atoms with E-state index in [0.717, 1.165) is 21.8 Å². The van der Waals surface area contributed by atoms with Crippen molar-refractivity contribution >= 4 is 38.9 Å². The van der Waals surface area contributed by atoms with Crippen molar-refractivity contribution in [3.05, 3.63) is 19.8 Å². The van der Waals surface area contributed by atoms with Crippen LogP contribution in [0.15, 0.2) is 10.5 Å². The first kappa shape index (κ1) is 9.52. The van der Waals surface area contributed by atoms with Crippen LogP contribution in [0.1, 0.15) is 4.88 Å². The molecule has 0 unspecified atom stereocenters. The van der Waals surface area contributed by atoms with Crippen molar-refractivity contribution in [2.75, 3.05) is 13.6 Å². The van der Waals surface area contributed by atoms with E-state index in [0.29, 0.717) is 0 Å². The Balaban J connectivity index is 2.58. The van der Waals surface area contributed by atoms with Gasteiger partial charge in [0, 0.05) is 9.35 Å². The summed E-state index contributed by atoms with van der Waals surface area (Å²) < 4.78 is 1.85. The summed E-state index contributed by atoms with van der Waals surface area (Å²) in [5.41, 5.74) is 0. The van der Waals surface area contributed by atoms with Crippen LogP contribution in [0.25, 0.3) is 0 Å². The second kappa shape index (κ2) is 4.45. The summed E-state index contributed by atoms with van der Waals surface area (Å²) in [5, 5.41) is 3.09.